The summed E-state index contributed by atoms with van der Waals surface area (Å²) in [6.07, 6.45) is 4.57. The fourth-order valence-electron chi connectivity index (χ4n) is 1.32. The van der Waals surface area contributed by atoms with Crippen LogP contribution in [0.15, 0.2) is 47.8 Å². The summed E-state index contributed by atoms with van der Waals surface area (Å²) in [4.78, 5) is 7.73. The Balaban J connectivity index is 2.13. The van der Waals surface area contributed by atoms with Crippen molar-refractivity contribution in [2.45, 2.75) is 11.4 Å². The van der Waals surface area contributed by atoms with Crippen molar-refractivity contribution in [3.8, 4) is 0 Å². The largest absolute Gasteiger partial charge is 0.264 e. The van der Waals surface area contributed by atoms with E-state index in [1.165, 1.54) is 18.3 Å². The van der Waals surface area contributed by atoms with Crippen LogP contribution in [0.2, 0.25) is 5.15 Å². The van der Waals surface area contributed by atoms with E-state index in [9.17, 15) is 8.42 Å². The van der Waals surface area contributed by atoms with E-state index in [2.05, 4.69) is 14.7 Å². The minimum absolute atomic E-state index is 0.0893. The molecule has 0 aliphatic carbocycles. The van der Waals surface area contributed by atoms with E-state index in [-0.39, 0.29) is 16.6 Å². The first-order chi connectivity index (χ1) is 8.58. The normalized spacial score (nSPS) is 11.4. The molecule has 0 spiro atoms. The summed E-state index contributed by atoms with van der Waals surface area (Å²) < 4.78 is 26.3. The van der Waals surface area contributed by atoms with Gasteiger partial charge in [0.25, 0.3) is 0 Å². The van der Waals surface area contributed by atoms with Crippen molar-refractivity contribution < 1.29 is 8.42 Å². The molecule has 2 rings (SSSR count). The zero-order valence-electron chi connectivity index (χ0n) is 9.25. The molecule has 18 heavy (non-hydrogen) atoms. The highest BCUT2D eigenvalue weighted by Gasteiger charge is 2.14. The summed E-state index contributed by atoms with van der Waals surface area (Å²) in [6.45, 7) is 0.177. The van der Waals surface area contributed by atoms with Crippen LogP contribution >= 0.6 is 11.6 Å². The molecular formula is C11H10ClN3O2S. The lowest BCUT2D eigenvalue weighted by Gasteiger charge is -2.06. The number of halogens is 1. The van der Waals surface area contributed by atoms with Crippen molar-refractivity contribution in [1.29, 1.82) is 0 Å². The van der Waals surface area contributed by atoms with Crippen molar-refractivity contribution in [3.63, 3.8) is 0 Å². The van der Waals surface area contributed by atoms with Crippen molar-refractivity contribution in [1.82, 2.24) is 14.7 Å². The maximum absolute atomic E-state index is 11.9. The highest BCUT2D eigenvalue weighted by Crippen LogP contribution is 2.12. The molecule has 5 nitrogen and oxygen atoms in total. The van der Waals surface area contributed by atoms with Crippen LogP contribution in [0.25, 0.3) is 0 Å². The number of rotatable bonds is 4. The lowest BCUT2D eigenvalue weighted by molar-refractivity contribution is 0.581. The Morgan fingerprint density at radius 3 is 2.78 bits per heavy atom. The molecule has 0 atom stereocenters. The van der Waals surface area contributed by atoms with Gasteiger partial charge in [0.1, 0.15) is 5.15 Å². The number of hydrogen-bond acceptors (Lipinski definition) is 4. The Morgan fingerprint density at radius 2 is 2.11 bits per heavy atom. The van der Waals surface area contributed by atoms with Crippen molar-refractivity contribution in [2.24, 2.45) is 0 Å². The minimum Gasteiger partial charge on any atom is -0.264 e. The van der Waals surface area contributed by atoms with Gasteiger partial charge in [-0.25, -0.2) is 18.1 Å². The summed E-state index contributed by atoms with van der Waals surface area (Å²) >= 11 is 5.65. The molecule has 2 aromatic rings. The summed E-state index contributed by atoms with van der Waals surface area (Å²) in [5.41, 5.74) is 0.779. The number of nitrogens with one attached hydrogen (secondary N) is 1. The smallest absolute Gasteiger partial charge is 0.241 e. The van der Waals surface area contributed by atoms with Gasteiger partial charge in [0.05, 0.1) is 4.90 Å². The summed E-state index contributed by atoms with van der Waals surface area (Å²) in [7, 11) is -3.58. The molecule has 1 N–H and O–H groups in total. The van der Waals surface area contributed by atoms with Gasteiger partial charge in [-0.1, -0.05) is 17.7 Å². The van der Waals surface area contributed by atoms with Crippen molar-refractivity contribution >= 4 is 21.6 Å². The van der Waals surface area contributed by atoms with Crippen LogP contribution in [0, 0.1) is 0 Å². The van der Waals surface area contributed by atoms with E-state index in [1.54, 1.807) is 24.5 Å². The van der Waals surface area contributed by atoms with Gasteiger partial charge in [-0.05, 0) is 23.8 Å². The van der Waals surface area contributed by atoms with Gasteiger partial charge in [-0.2, -0.15) is 0 Å². The number of sulfonamides is 1. The van der Waals surface area contributed by atoms with E-state index in [0.29, 0.717) is 0 Å². The van der Waals surface area contributed by atoms with Crippen LogP contribution in [0.4, 0.5) is 0 Å². The van der Waals surface area contributed by atoms with Crippen LogP contribution in [0.1, 0.15) is 5.56 Å². The van der Waals surface area contributed by atoms with Gasteiger partial charge in [0, 0.05) is 25.1 Å². The standard InChI is InChI=1S/C11H10ClN3O2S/c12-11-6-10(3-5-14-11)18(16,17)15-8-9-2-1-4-13-7-9/h1-7,15H,8H2. The monoisotopic (exact) mass is 283 g/mol. The molecule has 0 saturated carbocycles. The summed E-state index contributed by atoms with van der Waals surface area (Å²) in [6, 6.07) is 6.21. The molecule has 0 aliphatic rings. The van der Waals surface area contributed by atoms with E-state index in [0.717, 1.165) is 5.56 Å². The third-order valence-electron chi connectivity index (χ3n) is 2.20. The van der Waals surface area contributed by atoms with Crippen LogP contribution in [0.3, 0.4) is 0 Å². The van der Waals surface area contributed by atoms with E-state index >= 15 is 0 Å². The lowest BCUT2D eigenvalue weighted by atomic mass is 10.3. The van der Waals surface area contributed by atoms with Crippen LogP contribution in [-0.2, 0) is 16.6 Å². The number of hydrogen-bond donors (Lipinski definition) is 1. The van der Waals surface area contributed by atoms with Gasteiger partial charge >= 0.3 is 0 Å². The Bertz CT molecular complexity index is 632. The molecule has 0 unspecified atom stereocenters. The number of aromatic nitrogens is 2. The molecule has 0 amide bonds. The molecule has 94 valence electrons. The predicted octanol–water partition coefficient (Wildman–Crippen LogP) is 1.61. The first kappa shape index (κ1) is 12.9. The van der Waals surface area contributed by atoms with E-state index in [1.807, 2.05) is 0 Å². The lowest BCUT2D eigenvalue weighted by Crippen LogP contribution is -2.23. The molecular weight excluding hydrogens is 274 g/mol. The van der Waals surface area contributed by atoms with Crippen LogP contribution < -0.4 is 4.72 Å². The average molecular weight is 284 g/mol. The Hall–Kier alpha value is -1.50. The molecule has 0 radical (unpaired) electrons. The SMILES string of the molecule is O=S(=O)(NCc1cccnc1)c1ccnc(Cl)c1. The van der Waals surface area contributed by atoms with Gasteiger partial charge in [-0.3, -0.25) is 4.98 Å². The zero-order valence-corrected chi connectivity index (χ0v) is 10.8. The number of nitrogens with zero attached hydrogens (tertiary/aromatic N) is 2. The summed E-state index contributed by atoms with van der Waals surface area (Å²) in [5.74, 6) is 0. The van der Waals surface area contributed by atoms with Crippen LogP contribution in [-0.4, -0.2) is 18.4 Å². The third kappa shape index (κ3) is 3.25. The maximum Gasteiger partial charge on any atom is 0.241 e. The second-order valence-corrected chi connectivity index (χ2v) is 5.65. The van der Waals surface area contributed by atoms with Crippen LogP contribution in [0.5, 0.6) is 0 Å². The third-order valence-corrected chi connectivity index (χ3v) is 3.80. The van der Waals surface area contributed by atoms with Crippen molar-refractivity contribution in [2.75, 3.05) is 0 Å². The fraction of sp³-hybridized carbons (Fsp3) is 0.0909. The highest BCUT2D eigenvalue weighted by molar-refractivity contribution is 7.89. The molecule has 2 heterocycles. The molecule has 0 saturated heterocycles. The van der Waals surface area contributed by atoms with Gasteiger partial charge < -0.3 is 0 Å². The van der Waals surface area contributed by atoms with E-state index in [4.69, 9.17) is 11.6 Å². The first-order valence-corrected chi connectivity index (χ1v) is 6.94. The van der Waals surface area contributed by atoms with E-state index < -0.39 is 10.0 Å². The second kappa shape index (κ2) is 5.43. The van der Waals surface area contributed by atoms with Gasteiger partial charge in [0.2, 0.25) is 10.0 Å². The molecule has 7 heteroatoms. The maximum atomic E-state index is 11.9. The Kier molecular flexibility index (Phi) is 3.90. The van der Waals surface area contributed by atoms with Crippen molar-refractivity contribution in [3.05, 3.63) is 53.6 Å². The predicted molar refractivity (Wildman–Crippen MR) is 67.5 cm³/mol. The Morgan fingerprint density at radius 1 is 1.28 bits per heavy atom. The topological polar surface area (TPSA) is 72.0 Å². The minimum atomic E-state index is -3.58. The first-order valence-electron chi connectivity index (χ1n) is 5.08. The molecule has 0 aromatic carbocycles. The molecule has 0 aliphatic heterocycles. The second-order valence-electron chi connectivity index (χ2n) is 3.50. The average Bonchev–Trinajstić information content (AvgIpc) is 2.38. The molecule has 0 bridgehead atoms. The molecule has 2 aromatic heterocycles. The number of pyridine rings is 2. The molecule has 0 fully saturated rings. The highest BCUT2D eigenvalue weighted by atomic mass is 35.5. The van der Waals surface area contributed by atoms with Gasteiger partial charge in [0.15, 0.2) is 0 Å². The fourth-order valence-corrected chi connectivity index (χ4v) is 2.58. The van der Waals surface area contributed by atoms with Gasteiger partial charge in [-0.15, -0.1) is 0 Å². The zero-order chi connectivity index (χ0) is 13.0. The summed E-state index contributed by atoms with van der Waals surface area (Å²) in [5, 5.41) is 0.138. The Labute approximate surface area is 110 Å². The quantitative estimate of drug-likeness (QED) is 0.865.